The second kappa shape index (κ2) is 5.24. The number of fused-ring (bicyclic) bond motifs is 1. The molecule has 3 nitrogen and oxygen atoms in total. The minimum atomic E-state index is 0.597. The molecule has 0 radical (unpaired) electrons. The van der Waals surface area contributed by atoms with E-state index in [9.17, 15) is 0 Å². The number of aromatic nitrogens is 2. The van der Waals surface area contributed by atoms with Crippen molar-refractivity contribution < 1.29 is 0 Å². The first-order chi connectivity index (χ1) is 9.45. The average molecular weight is 310 g/mol. The maximum Gasteiger partial charge on any atom is 0.145 e. The number of hydrogen-bond donors (Lipinski definition) is 0. The molecule has 2 aromatic rings. The van der Waals surface area contributed by atoms with E-state index in [2.05, 4.69) is 42.7 Å². The standard InChI is InChI=1S/C15H20ClN3S/c1-8-5-11(8)6-19(4)7-12-17-14(16)13-9(2)10(3)20-15(13)18-12/h8,11H,5-7H2,1-4H3. The second-order valence-corrected chi connectivity index (χ2v) is 7.63. The summed E-state index contributed by atoms with van der Waals surface area (Å²) in [5.74, 6) is 2.57. The van der Waals surface area contributed by atoms with E-state index in [1.165, 1.54) is 16.9 Å². The van der Waals surface area contributed by atoms with Crippen LogP contribution in [0.15, 0.2) is 0 Å². The van der Waals surface area contributed by atoms with Gasteiger partial charge in [0.15, 0.2) is 0 Å². The van der Waals surface area contributed by atoms with E-state index >= 15 is 0 Å². The van der Waals surface area contributed by atoms with E-state index in [-0.39, 0.29) is 0 Å². The zero-order valence-electron chi connectivity index (χ0n) is 12.4. The van der Waals surface area contributed by atoms with Crippen LogP contribution in [-0.2, 0) is 6.54 Å². The highest BCUT2D eigenvalue weighted by atomic mass is 35.5. The summed E-state index contributed by atoms with van der Waals surface area (Å²) in [6.45, 7) is 8.41. The summed E-state index contributed by atoms with van der Waals surface area (Å²) in [5, 5.41) is 1.62. The summed E-state index contributed by atoms with van der Waals surface area (Å²) in [5.41, 5.74) is 1.21. The van der Waals surface area contributed by atoms with Crippen LogP contribution < -0.4 is 0 Å². The van der Waals surface area contributed by atoms with Crippen molar-refractivity contribution in [3.8, 4) is 0 Å². The van der Waals surface area contributed by atoms with Gasteiger partial charge >= 0.3 is 0 Å². The first-order valence-corrected chi connectivity index (χ1v) is 8.25. The van der Waals surface area contributed by atoms with Crippen LogP contribution in [0.4, 0.5) is 0 Å². The lowest BCUT2D eigenvalue weighted by Crippen LogP contribution is -2.22. The highest BCUT2D eigenvalue weighted by Crippen LogP contribution is 2.38. The van der Waals surface area contributed by atoms with Gasteiger partial charge in [0.05, 0.1) is 11.9 Å². The largest absolute Gasteiger partial charge is 0.299 e. The molecule has 5 heteroatoms. The monoisotopic (exact) mass is 309 g/mol. The Balaban J connectivity index is 1.81. The van der Waals surface area contributed by atoms with Crippen molar-refractivity contribution in [1.82, 2.24) is 14.9 Å². The summed E-state index contributed by atoms with van der Waals surface area (Å²) >= 11 is 8.05. The van der Waals surface area contributed by atoms with Crippen molar-refractivity contribution in [2.45, 2.75) is 33.7 Å². The third kappa shape index (κ3) is 2.69. The van der Waals surface area contributed by atoms with E-state index in [4.69, 9.17) is 11.6 Å². The van der Waals surface area contributed by atoms with Gasteiger partial charge in [0.2, 0.25) is 0 Å². The Kier molecular flexibility index (Phi) is 3.73. The minimum Gasteiger partial charge on any atom is -0.299 e. The fourth-order valence-corrected chi connectivity index (χ4v) is 4.11. The van der Waals surface area contributed by atoms with Crippen molar-refractivity contribution in [3.05, 3.63) is 21.4 Å². The third-order valence-electron chi connectivity index (χ3n) is 4.26. The Morgan fingerprint density at radius 3 is 2.70 bits per heavy atom. The zero-order valence-corrected chi connectivity index (χ0v) is 14.0. The molecule has 2 aromatic heterocycles. The summed E-state index contributed by atoms with van der Waals surface area (Å²) in [7, 11) is 2.14. The van der Waals surface area contributed by atoms with Crippen molar-refractivity contribution in [2.24, 2.45) is 11.8 Å². The average Bonchev–Trinajstić information content (AvgIpc) is 2.94. The lowest BCUT2D eigenvalue weighted by atomic mass is 10.2. The number of aryl methyl sites for hydroxylation is 2. The molecule has 108 valence electrons. The number of thiophene rings is 1. The molecule has 2 heterocycles. The molecule has 0 amide bonds. The molecule has 0 aromatic carbocycles. The topological polar surface area (TPSA) is 29.0 Å². The second-order valence-electron chi connectivity index (χ2n) is 6.06. The molecular weight excluding hydrogens is 290 g/mol. The number of nitrogens with zero attached hydrogens (tertiary/aromatic N) is 3. The van der Waals surface area contributed by atoms with Gasteiger partial charge in [-0.3, -0.25) is 4.90 Å². The van der Waals surface area contributed by atoms with E-state index in [1.807, 2.05) is 0 Å². The first-order valence-electron chi connectivity index (χ1n) is 7.06. The quantitative estimate of drug-likeness (QED) is 0.798. The third-order valence-corrected chi connectivity index (χ3v) is 5.64. The molecule has 1 aliphatic rings. The van der Waals surface area contributed by atoms with Crippen LogP contribution in [0.2, 0.25) is 5.15 Å². The molecule has 3 rings (SSSR count). The van der Waals surface area contributed by atoms with Crippen LogP contribution in [-0.4, -0.2) is 28.5 Å². The highest BCUT2D eigenvalue weighted by Gasteiger charge is 2.33. The van der Waals surface area contributed by atoms with Gasteiger partial charge < -0.3 is 0 Å². The van der Waals surface area contributed by atoms with Gasteiger partial charge in [-0.05, 0) is 44.7 Å². The van der Waals surface area contributed by atoms with E-state index in [0.29, 0.717) is 5.15 Å². The van der Waals surface area contributed by atoms with Crippen LogP contribution in [0, 0.1) is 25.7 Å². The first kappa shape index (κ1) is 14.2. The lowest BCUT2D eigenvalue weighted by Gasteiger charge is -2.15. The van der Waals surface area contributed by atoms with E-state index in [1.54, 1.807) is 11.3 Å². The maximum absolute atomic E-state index is 6.34. The molecule has 1 fully saturated rings. The lowest BCUT2D eigenvalue weighted by molar-refractivity contribution is 0.300. The highest BCUT2D eigenvalue weighted by molar-refractivity contribution is 7.18. The number of rotatable bonds is 4. The van der Waals surface area contributed by atoms with Crippen LogP contribution >= 0.6 is 22.9 Å². The van der Waals surface area contributed by atoms with Crippen LogP contribution in [0.5, 0.6) is 0 Å². The molecule has 0 aliphatic heterocycles. The van der Waals surface area contributed by atoms with Gasteiger partial charge in [0, 0.05) is 11.4 Å². The van der Waals surface area contributed by atoms with E-state index < -0.39 is 0 Å². The number of halogens is 1. The van der Waals surface area contributed by atoms with Crippen LogP contribution in [0.25, 0.3) is 10.2 Å². The minimum absolute atomic E-state index is 0.597. The van der Waals surface area contributed by atoms with Crippen molar-refractivity contribution in [2.75, 3.05) is 13.6 Å². The normalized spacial score (nSPS) is 21.9. The molecule has 2 atom stereocenters. The summed E-state index contributed by atoms with van der Waals surface area (Å²) in [6.07, 6.45) is 1.36. The Morgan fingerprint density at radius 1 is 1.35 bits per heavy atom. The predicted octanol–water partition coefficient (Wildman–Crippen LogP) is 4.05. The van der Waals surface area contributed by atoms with Crippen molar-refractivity contribution >= 4 is 33.2 Å². The smallest absolute Gasteiger partial charge is 0.145 e. The molecule has 0 N–H and O–H groups in total. The van der Waals surface area contributed by atoms with Gasteiger partial charge in [-0.2, -0.15) is 0 Å². The molecule has 0 spiro atoms. The molecule has 0 saturated heterocycles. The van der Waals surface area contributed by atoms with Gasteiger partial charge in [0.1, 0.15) is 15.8 Å². The zero-order chi connectivity index (χ0) is 14.4. The fraction of sp³-hybridized carbons (Fsp3) is 0.600. The summed E-state index contributed by atoms with van der Waals surface area (Å²) in [4.78, 5) is 13.8. The molecule has 2 unspecified atom stereocenters. The molecular formula is C15H20ClN3S. The van der Waals surface area contributed by atoms with Crippen LogP contribution in [0.3, 0.4) is 0 Å². The Bertz CT molecular complexity index is 652. The molecule has 20 heavy (non-hydrogen) atoms. The molecule has 0 bridgehead atoms. The predicted molar refractivity (Wildman–Crippen MR) is 85.5 cm³/mol. The van der Waals surface area contributed by atoms with Crippen molar-refractivity contribution in [1.29, 1.82) is 0 Å². The Morgan fingerprint density at radius 2 is 2.05 bits per heavy atom. The SMILES string of the molecule is Cc1sc2nc(CN(C)CC3CC3C)nc(Cl)c2c1C. The molecule has 1 aliphatic carbocycles. The maximum atomic E-state index is 6.34. The summed E-state index contributed by atoms with van der Waals surface area (Å²) in [6, 6.07) is 0. The Labute approximate surface area is 129 Å². The van der Waals surface area contributed by atoms with Gasteiger partial charge in [-0.25, -0.2) is 9.97 Å². The van der Waals surface area contributed by atoms with Crippen LogP contribution in [0.1, 0.15) is 29.6 Å². The van der Waals surface area contributed by atoms with Gasteiger partial charge in [-0.1, -0.05) is 18.5 Å². The molecule has 1 saturated carbocycles. The van der Waals surface area contributed by atoms with Crippen molar-refractivity contribution in [3.63, 3.8) is 0 Å². The fourth-order valence-electron chi connectivity index (χ4n) is 2.67. The summed E-state index contributed by atoms with van der Waals surface area (Å²) < 4.78 is 0. The van der Waals surface area contributed by atoms with Gasteiger partial charge in [-0.15, -0.1) is 11.3 Å². The van der Waals surface area contributed by atoms with E-state index in [0.717, 1.165) is 41.0 Å². The number of hydrogen-bond acceptors (Lipinski definition) is 4. The van der Waals surface area contributed by atoms with Gasteiger partial charge in [0.25, 0.3) is 0 Å². The Hall–Kier alpha value is -0.710.